The van der Waals surface area contributed by atoms with Crippen LogP contribution in [0.25, 0.3) is 0 Å². The van der Waals surface area contributed by atoms with Gasteiger partial charge < -0.3 is 0 Å². The lowest BCUT2D eigenvalue weighted by molar-refractivity contribution is 0.286. The van der Waals surface area contributed by atoms with Crippen LogP contribution in [0.3, 0.4) is 0 Å². The van der Waals surface area contributed by atoms with Gasteiger partial charge in [-0.05, 0) is 24.2 Å². The van der Waals surface area contributed by atoms with Gasteiger partial charge in [0.05, 0.1) is 6.07 Å². The van der Waals surface area contributed by atoms with Crippen LogP contribution < -0.4 is 0 Å². The Labute approximate surface area is 95.3 Å². The molecule has 1 aromatic rings. The first-order valence-electron chi connectivity index (χ1n) is 4.96. The minimum absolute atomic E-state index is 0.517. The highest BCUT2D eigenvalue weighted by Crippen LogP contribution is 2.09. The van der Waals surface area contributed by atoms with Crippen molar-refractivity contribution in [1.82, 2.24) is 9.88 Å². The fourth-order valence-electron chi connectivity index (χ4n) is 1.36. The molecule has 15 heavy (non-hydrogen) atoms. The molecule has 0 aromatic carbocycles. The highest BCUT2D eigenvalue weighted by atomic mass is 35.5. The van der Waals surface area contributed by atoms with E-state index >= 15 is 0 Å². The van der Waals surface area contributed by atoms with E-state index in [1.807, 2.05) is 12.1 Å². The molecular formula is C11H14ClN3. The Bertz CT molecular complexity index is 346. The number of hydrogen-bond acceptors (Lipinski definition) is 3. The Morgan fingerprint density at radius 3 is 3.00 bits per heavy atom. The summed E-state index contributed by atoms with van der Waals surface area (Å²) in [6.07, 6.45) is 2.27. The van der Waals surface area contributed by atoms with Crippen LogP contribution in [0.1, 0.15) is 18.9 Å². The predicted molar refractivity (Wildman–Crippen MR) is 60.4 cm³/mol. The van der Waals surface area contributed by atoms with Crippen LogP contribution in [0.5, 0.6) is 0 Å². The second-order valence-electron chi connectivity index (χ2n) is 3.26. The Balaban J connectivity index is 2.55. The van der Waals surface area contributed by atoms with E-state index in [0.29, 0.717) is 11.6 Å². The van der Waals surface area contributed by atoms with Gasteiger partial charge in [0.15, 0.2) is 0 Å². The first-order valence-corrected chi connectivity index (χ1v) is 5.33. The van der Waals surface area contributed by atoms with E-state index in [4.69, 9.17) is 16.9 Å². The summed E-state index contributed by atoms with van der Waals surface area (Å²) in [7, 11) is 0. The Kier molecular flexibility index (Phi) is 5.09. The molecule has 0 aliphatic rings. The second kappa shape index (κ2) is 6.39. The molecule has 4 heteroatoms. The largest absolute Gasteiger partial charge is 0.298 e. The predicted octanol–water partition coefficient (Wildman–Crippen LogP) is 2.47. The van der Waals surface area contributed by atoms with Crippen LogP contribution in [0, 0.1) is 11.3 Å². The normalized spacial score (nSPS) is 10.3. The molecule has 1 rings (SSSR count). The Hall–Kier alpha value is -1.11. The van der Waals surface area contributed by atoms with Gasteiger partial charge in [0.2, 0.25) is 0 Å². The molecule has 0 aliphatic heterocycles. The van der Waals surface area contributed by atoms with Crippen molar-refractivity contribution in [1.29, 1.82) is 5.26 Å². The topological polar surface area (TPSA) is 39.9 Å². The molecule has 0 fully saturated rings. The maximum absolute atomic E-state index is 8.51. The average molecular weight is 224 g/mol. The van der Waals surface area contributed by atoms with Gasteiger partial charge in [0.25, 0.3) is 0 Å². The van der Waals surface area contributed by atoms with Crippen LogP contribution in [0.4, 0.5) is 0 Å². The van der Waals surface area contributed by atoms with Gasteiger partial charge in [-0.2, -0.15) is 5.26 Å². The van der Waals surface area contributed by atoms with E-state index in [-0.39, 0.29) is 0 Å². The number of halogens is 1. The zero-order chi connectivity index (χ0) is 11.1. The van der Waals surface area contributed by atoms with E-state index in [1.165, 1.54) is 0 Å². The third kappa shape index (κ3) is 4.28. The van der Waals surface area contributed by atoms with Crippen molar-refractivity contribution in [2.24, 2.45) is 0 Å². The number of hydrogen-bond donors (Lipinski definition) is 0. The molecule has 0 unspecified atom stereocenters. The van der Waals surface area contributed by atoms with Crippen molar-refractivity contribution >= 4 is 11.6 Å². The fraction of sp³-hybridized carbons (Fsp3) is 0.455. The van der Waals surface area contributed by atoms with Crippen LogP contribution in [-0.4, -0.2) is 23.0 Å². The summed E-state index contributed by atoms with van der Waals surface area (Å²) in [6, 6.07) is 5.95. The summed E-state index contributed by atoms with van der Waals surface area (Å²) >= 11 is 5.79. The van der Waals surface area contributed by atoms with Crippen molar-refractivity contribution in [3.8, 4) is 6.07 Å². The monoisotopic (exact) mass is 223 g/mol. The average Bonchev–Trinajstić information content (AvgIpc) is 2.24. The van der Waals surface area contributed by atoms with Crippen LogP contribution in [0.2, 0.25) is 5.15 Å². The van der Waals surface area contributed by atoms with E-state index in [0.717, 1.165) is 25.2 Å². The Morgan fingerprint density at radius 2 is 2.40 bits per heavy atom. The van der Waals surface area contributed by atoms with Crippen molar-refractivity contribution in [3.05, 3.63) is 29.0 Å². The lowest BCUT2D eigenvalue weighted by Crippen LogP contribution is -2.23. The van der Waals surface area contributed by atoms with Crippen molar-refractivity contribution < 1.29 is 0 Å². The van der Waals surface area contributed by atoms with Crippen LogP contribution in [-0.2, 0) is 6.54 Å². The summed E-state index contributed by atoms with van der Waals surface area (Å²) in [5, 5.41) is 9.03. The quantitative estimate of drug-likeness (QED) is 0.720. The molecule has 0 saturated carbocycles. The first kappa shape index (κ1) is 12.0. The summed E-state index contributed by atoms with van der Waals surface area (Å²) in [6.45, 7) is 4.63. The maximum Gasteiger partial charge on any atom is 0.129 e. The highest BCUT2D eigenvalue weighted by Gasteiger charge is 2.03. The number of nitriles is 1. The van der Waals surface area contributed by atoms with E-state index < -0.39 is 0 Å². The molecule has 1 aromatic heterocycles. The van der Waals surface area contributed by atoms with Gasteiger partial charge in [-0.1, -0.05) is 18.5 Å². The molecule has 0 spiro atoms. The summed E-state index contributed by atoms with van der Waals surface area (Å²) in [4.78, 5) is 6.13. The van der Waals surface area contributed by atoms with Gasteiger partial charge in [0.1, 0.15) is 5.15 Å². The van der Waals surface area contributed by atoms with Gasteiger partial charge in [-0.3, -0.25) is 4.90 Å². The number of aromatic nitrogens is 1. The maximum atomic E-state index is 8.51. The van der Waals surface area contributed by atoms with Crippen LogP contribution >= 0.6 is 11.6 Å². The van der Waals surface area contributed by atoms with E-state index in [2.05, 4.69) is 22.9 Å². The molecule has 1 heterocycles. The summed E-state index contributed by atoms with van der Waals surface area (Å²) < 4.78 is 0. The summed E-state index contributed by atoms with van der Waals surface area (Å²) in [5.41, 5.74) is 1.13. The fourth-order valence-corrected chi connectivity index (χ4v) is 1.55. The highest BCUT2D eigenvalue weighted by molar-refractivity contribution is 6.29. The second-order valence-corrected chi connectivity index (χ2v) is 3.65. The molecule has 0 saturated heterocycles. The molecule has 0 amide bonds. The molecule has 0 radical (unpaired) electrons. The third-order valence-corrected chi connectivity index (χ3v) is 2.39. The van der Waals surface area contributed by atoms with Crippen molar-refractivity contribution in [2.75, 3.05) is 13.1 Å². The number of nitrogens with zero attached hydrogens (tertiary/aromatic N) is 3. The van der Waals surface area contributed by atoms with Crippen molar-refractivity contribution in [2.45, 2.75) is 19.9 Å². The van der Waals surface area contributed by atoms with Crippen LogP contribution in [0.15, 0.2) is 18.3 Å². The van der Waals surface area contributed by atoms with Gasteiger partial charge in [-0.15, -0.1) is 0 Å². The zero-order valence-electron chi connectivity index (χ0n) is 8.78. The molecule has 0 aliphatic carbocycles. The van der Waals surface area contributed by atoms with Gasteiger partial charge in [-0.25, -0.2) is 4.98 Å². The minimum Gasteiger partial charge on any atom is -0.298 e. The van der Waals surface area contributed by atoms with Gasteiger partial charge in [0, 0.05) is 25.7 Å². The lowest BCUT2D eigenvalue weighted by Gasteiger charge is -2.18. The third-order valence-electron chi connectivity index (χ3n) is 2.18. The lowest BCUT2D eigenvalue weighted by atomic mass is 10.2. The molecule has 0 atom stereocenters. The minimum atomic E-state index is 0.517. The smallest absolute Gasteiger partial charge is 0.129 e. The SMILES string of the molecule is CCN(CCC#N)Cc1ccnc(Cl)c1. The summed E-state index contributed by atoms with van der Waals surface area (Å²) in [5.74, 6) is 0. The number of rotatable bonds is 5. The Morgan fingerprint density at radius 1 is 1.60 bits per heavy atom. The molecule has 80 valence electrons. The van der Waals surface area contributed by atoms with E-state index in [1.54, 1.807) is 6.20 Å². The number of pyridine rings is 1. The molecular weight excluding hydrogens is 210 g/mol. The standard InChI is InChI=1S/C11H14ClN3/c1-2-15(7-3-5-13)9-10-4-6-14-11(12)8-10/h4,6,8H,2-3,7,9H2,1H3. The zero-order valence-corrected chi connectivity index (χ0v) is 9.54. The molecule has 3 nitrogen and oxygen atoms in total. The van der Waals surface area contributed by atoms with Crippen molar-refractivity contribution in [3.63, 3.8) is 0 Å². The first-order chi connectivity index (χ1) is 7.26. The molecule has 0 bridgehead atoms. The van der Waals surface area contributed by atoms with Gasteiger partial charge >= 0.3 is 0 Å². The van der Waals surface area contributed by atoms with E-state index in [9.17, 15) is 0 Å². The molecule has 0 N–H and O–H groups in total.